The van der Waals surface area contributed by atoms with Gasteiger partial charge in [-0.25, -0.2) is 0 Å². The van der Waals surface area contributed by atoms with E-state index >= 15 is 0 Å². The van der Waals surface area contributed by atoms with Crippen LogP contribution >= 0.6 is 71.9 Å². The van der Waals surface area contributed by atoms with Gasteiger partial charge in [-0.15, -0.1) is 0 Å². The van der Waals surface area contributed by atoms with Crippen LogP contribution in [0.4, 0.5) is 0 Å². The van der Waals surface area contributed by atoms with Gasteiger partial charge >= 0.3 is 0 Å². The minimum absolute atomic E-state index is 0.566. The quantitative estimate of drug-likeness (QED) is 0.323. The second kappa shape index (κ2) is 14.7. The van der Waals surface area contributed by atoms with Crippen LogP contribution in [0.1, 0.15) is 41.5 Å². The minimum Gasteiger partial charge on any atom is -0.358 e. The maximum Gasteiger partial charge on any atom is 0.199 e. The van der Waals surface area contributed by atoms with Crippen LogP contribution in [0.25, 0.3) is 0 Å². The molecular formula is C18H30N6S6. The molecule has 1 aromatic rings. The second-order valence-corrected chi connectivity index (χ2v) is 10.6. The van der Waals surface area contributed by atoms with Crippen LogP contribution in [0, 0.1) is 0 Å². The van der Waals surface area contributed by atoms with Crippen molar-refractivity contribution in [3.8, 4) is 0 Å². The van der Waals surface area contributed by atoms with Gasteiger partial charge in [0.2, 0.25) is 0 Å². The van der Waals surface area contributed by atoms with Crippen LogP contribution in [0.15, 0.2) is 15.5 Å². The summed E-state index contributed by atoms with van der Waals surface area (Å²) in [5.41, 5.74) is 0. The standard InChI is InChI=1S/C18H30N6S6/c1-7-22(8-2)16(25)28-13-19-14(29-17(26)23(9-3)10-4)21-15(20-13)30-18(27)24(11-5)12-6/h7-12H2,1-6H3. The van der Waals surface area contributed by atoms with E-state index in [1.807, 2.05) is 0 Å². The summed E-state index contributed by atoms with van der Waals surface area (Å²) in [5, 5.41) is 1.70. The molecule has 0 aromatic carbocycles. The van der Waals surface area contributed by atoms with Gasteiger partial charge < -0.3 is 14.7 Å². The van der Waals surface area contributed by atoms with E-state index in [0.29, 0.717) is 15.5 Å². The van der Waals surface area contributed by atoms with Crippen LogP contribution in [-0.2, 0) is 0 Å². The summed E-state index contributed by atoms with van der Waals surface area (Å²) in [6.45, 7) is 17.5. The Morgan fingerprint density at radius 1 is 0.533 bits per heavy atom. The van der Waals surface area contributed by atoms with Crippen molar-refractivity contribution in [1.29, 1.82) is 0 Å². The predicted octanol–water partition coefficient (Wildman–Crippen LogP) is 5.03. The topological polar surface area (TPSA) is 48.4 Å². The summed E-state index contributed by atoms with van der Waals surface area (Å²) in [6, 6.07) is 0. The maximum atomic E-state index is 5.58. The lowest BCUT2D eigenvalue weighted by atomic mass is 10.6. The van der Waals surface area contributed by atoms with Crippen molar-refractivity contribution in [2.45, 2.75) is 57.0 Å². The smallest absolute Gasteiger partial charge is 0.199 e. The Labute approximate surface area is 209 Å². The highest BCUT2D eigenvalue weighted by Crippen LogP contribution is 2.27. The zero-order valence-electron chi connectivity index (χ0n) is 18.4. The molecule has 1 rings (SSSR count). The first kappa shape index (κ1) is 27.8. The third-order valence-electron chi connectivity index (χ3n) is 4.17. The number of hydrogen-bond donors (Lipinski definition) is 0. The van der Waals surface area contributed by atoms with Gasteiger partial charge in [0.25, 0.3) is 0 Å². The molecule has 6 nitrogen and oxygen atoms in total. The van der Waals surface area contributed by atoms with E-state index in [2.05, 4.69) is 71.2 Å². The number of aromatic nitrogens is 3. The van der Waals surface area contributed by atoms with E-state index in [4.69, 9.17) is 36.7 Å². The van der Waals surface area contributed by atoms with Crippen molar-refractivity contribution in [3.63, 3.8) is 0 Å². The van der Waals surface area contributed by atoms with Gasteiger partial charge in [0.1, 0.15) is 13.0 Å². The molecule has 168 valence electrons. The van der Waals surface area contributed by atoms with Gasteiger partial charge in [0, 0.05) is 39.3 Å². The van der Waals surface area contributed by atoms with Crippen molar-refractivity contribution in [2.75, 3.05) is 39.3 Å². The van der Waals surface area contributed by atoms with Crippen LogP contribution in [-0.4, -0.2) is 81.9 Å². The van der Waals surface area contributed by atoms with E-state index in [1.165, 1.54) is 35.3 Å². The Morgan fingerprint density at radius 2 is 0.733 bits per heavy atom. The molecule has 0 atom stereocenters. The molecule has 30 heavy (non-hydrogen) atoms. The van der Waals surface area contributed by atoms with E-state index in [-0.39, 0.29) is 0 Å². The summed E-state index contributed by atoms with van der Waals surface area (Å²) in [5.74, 6) is 0. The number of thiocarbonyl (C=S) groups is 3. The molecule has 0 unspecified atom stereocenters. The molecule has 0 fully saturated rings. The molecule has 0 bridgehead atoms. The number of rotatable bonds is 9. The van der Waals surface area contributed by atoms with Crippen molar-refractivity contribution in [1.82, 2.24) is 29.7 Å². The first-order valence-electron chi connectivity index (χ1n) is 9.99. The highest BCUT2D eigenvalue weighted by molar-refractivity contribution is 8.24. The first-order chi connectivity index (χ1) is 14.3. The van der Waals surface area contributed by atoms with Crippen molar-refractivity contribution < 1.29 is 0 Å². The van der Waals surface area contributed by atoms with E-state index in [0.717, 1.165) is 52.2 Å². The fourth-order valence-corrected chi connectivity index (χ4v) is 6.37. The number of nitrogens with zero attached hydrogens (tertiary/aromatic N) is 6. The third kappa shape index (κ3) is 8.70. The lowest BCUT2D eigenvalue weighted by molar-refractivity contribution is 0.481. The SMILES string of the molecule is CCN(CC)C(=S)Sc1nc(SC(=S)N(CC)CC)nc(SC(=S)N(CC)CC)n1. The molecule has 1 aromatic heterocycles. The summed E-state index contributed by atoms with van der Waals surface area (Å²) in [4.78, 5) is 20.1. The van der Waals surface area contributed by atoms with Gasteiger partial charge in [-0.05, 0) is 76.8 Å². The van der Waals surface area contributed by atoms with Crippen LogP contribution < -0.4 is 0 Å². The Balaban J connectivity index is 3.18. The van der Waals surface area contributed by atoms with Crippen molar-refractivity contribution in [2.24, 2.45) is 0 Å². The predicted molar refractivity (Wildman–Crippen MR) is 144 cm³/mol. The normalized spacial score (nSPS) is 10.6. The average Bonchev–Trinajstić information content (AvgIpc) is 2.70. The van der Waals surface area contributed by atoms with Gasteiger partial charge in [-0.2, -0.15) is 15.0 Å². The molecule has 1 heterocycles. The number of hydrogen-bond acceptors (Lipinski definition) is 9. The summed E-state index contributed by atoms with van der Waals surface area (Å²) >= 11 is 20.9. The maximum absolute atomic E-state index is 5.58. The highest BCUT2D eigenvalue weighted by atomic mass is 32.2. The van der Waals surface area contributed by atoms with Gasteiger partial charge in [0.05, 0.1) is 0 Å². The molecule has 0 aliphatic carbocycles. The molecule has 0 spiro atoms. The molecule has 0 radical (unpaired) electrons. The largest absolute Gasteiger partial charge is 0.358 e. The molecule has 0 amide bonds. The summed E-state index contributed by atoms with van der Waals surface area (Å²) < 4.78 is 2.24. The second-order valence-electron chi connectivity index (χ2n) is 5.80. The monoisotopic (exact) mass is 522 g/mol. The lowest BCUT2D eigenvalue weighted by Crippen LogP contribution is -2.27. The fraction of sp³-hybridized carbons (Fsp3) is 0.667. The Morgan fingerprint density at radius 3 is 0.900 bits per heavy atom. The highest BCUT2D eigenvalue weighted by Gasteiger charge is 2.18. The van der Waals surface area contributed by atoms with Gasteiger partial charge in [-0.3, -0.25) is 0 Å². The van der Waals surface area contributed by atoms with Crippen LogP contribution in [0.5, 0.6) is 0 Å². The zero-order valence-corrected chi connectivity index (χ0v) is 23.3. The zero-order chi connectivity index (χ0) is 22.7. The van der Waals surface area contributed by atoms with Crippen LogP contribution in [0.3, 0.4) is 0 Å². The summed E-state index contributed by atoms with van der Waals surface area (Å²) in [7, 11) is 0. The van der Waals surface area contributed by atoms with E-state index < -0.39 is 0 Å². The number of thioether (sulfide) groups is 3. The lowest BCUT2D eigenvalue weighted by Gasteiger charge is -2.22. The molecule has 0 saturated heterocycles. The first-order valence-corrected chi connectivity index (χ1v) is 13.7. The van der Waals surface area contributed by atoms with Gasteiger partial charge in [-0.1, -0.05) is 36.7 Å². The Hall–Kier alpha value is -0.270. The molecule has 12 heteroatoms. The Kier molecular flexibility index (Phi) is 13.6. The minimum atomic E-state index is 0.566. The molecular weight excluding hydrogens is 493 g/mol. The van der Waals surface area contributed by atoms with Crippen molar-refractivity contribution >= 4 is 84.9 Å². The Bertz CT molecular complexity index is 612. The van der Waals surface area contributed by atoms with Crippen molar-refractivity contribution in [3.05, 3.63) is 0 Å². The van der Waals surface area contributed by atoms with E-state index in [1.54, 1.807) is 0 Å². The molecule has 0 aliphatic heterocycles. The average molecular weight is 523 g/mol. The summed E-state index contributed by atoms with van der Waals surface area (Å²) in [6.07, 6.45) is 0. The van der Waals surface area contributed by atoms with Crippen LogP contribution in [0.2, 0.25) is 0 Å². The third-order valence-corrected chi connectivity index (χ3v) is 8.09. The molecule has 0 N–H and O–H groups in total. The van der Waals surface area contributed by atoms with E-state index in [9.17, 15) is 0 Å². The molecule has 0 saturated carbocycles. The van der Waals surface area contributed by atoms with Gasteiger partial charge in [0.15, 0.2) is 15.5 Å². The fourth-order valence-electron chi connectivity index (χ4n) is 2.33. The molecule has 0 aliphatic rings.